The monoisotopic (exact) mass is 198 g/mol. The van der Waals surface area contributed by atoms with Crippen LogP contribution >= 0.6 is 11.6 Å². The molecule has 0 aliphatic heterocycles. The van der Waals surface area contributed by atoms with Gasteiger partial charge in [0.2, 0.25) is 5.71 Å². The zero-order chi connectivity index (χ0) is 9.42. The maximum Gasteiger partial charge on any atom is 0.339 e. The van der Waals surface area contributed by atoms with E-state index < -0.39 is 5.97 Å². The first kappa shape index (κ1) is 8.00. The van der Waals surface area contributed by atoms with Gasteiger partial charge in [0.25, 0.3) is 0 Å². The molecule has 2 aromatic heterocycles. The van der Waals surface area contributed by atoms with Crippen LogP contribution in [0.2, 0.25) is 5.15 Å². The number of hydrogen-bond donors (Lipinski definition) is 1. The molecule has 2 heterocycles. The van der Waals surface area contributed by atoms with Gasteiger partial charge in [-0.3, -0.25) is 0 Å². The highest BCUT2D eigenvalue weighted by molar-refractivity contribution is 6.35. The molecule has 0 spiro atoms. The van der Waals surface area contributed by atoms with E-state index in [1.165, 1.54) is 6.33 Å². The lowest BCUT2D eigenvalue weighted by Crippen LogP contribution is -1.94. The van der Waals surface area contributed by atoms with Crippen molar-refractivity contribution in [3.8, 4) is 0 Å². The van der Waals surface area contributed by atoms with E-state index in [0.717, 1.165) is 6.26 Å². The number of nitrogens with zero attached hydrogens (tertiary/aromatic N) is 2. The fourth-order valence-electron chi connectivity index (χ4n) is 0.996. The van der Waals surface area contributed by atoms with Gasteiger partial charge in [0.1, 0.15) is 23.3 Å². The van der Waals surface area contributed by atoms with E-state index in [2.05, 4.69) is 9.97 Å². The van der Waals surface area contributed by atoms with Crippen molar-refractivity contribution in [2.45, 2.75) is 0 Å². The molecule has 5 nitrogen and oxygen atoms in total. The first-order valence-corrected chi connectivity index (χ1v) is 3.69. The summed E-state index contributed by atoms with van der Waals surface area (Å²) in [7, 11) is 0. The Kier molecular flexibility index (Phi) is 1.66. The summed E-state index contributed by atoms with van der Waals surface area (Å²) in [5, 5.41) is 9.03. The highest BCUT2D eigenvalue weighted by Crippen LogP contribution is 2.24. The molecule has 0 bridgehead atoms. The number of rotatable bonds is 1. The number of carboxylic acid groups (broad SMARTS) is 1. The van der Waals surface area contributed by atoms with E-state index in [1.807, 2.05) is 0 Å². The quantitative estimate of drug-likeness (QED) is 0.704. The van der Waals surface area contributed by atoms with Crippen molar-refractivity contribution in [3.63, 3.8) is 0 Å². The van der Waals surface area contributed by atoms with Crippen LogP contribution in [0.4, 0.5) is 0 Å². The van der Waals surface area contributed by atoms with Crippen molar-refractivity contribution < 1.29 is 14.3 Å². The van der Waals surface area contributed by atoms with E-state index in [9.17, 15) is 4.79 Å². The molecule has 0 radical (unpaired) electrons. The molecular formula is C7H3ClN2O3. The van der Waals surface area contributed by atoms with Crippen LogP contribution in [0.25, 0.3) is 11.1 Å². The smallest absolute Gasteiger partial charge is 0.339 e. The summed E-state index contributed by atoms with van der Waals surface area (Å²) in [4.78, 5) is 18.0. The lowest BCUT2D eigenvalue weighted by atomic mass is 10.2. The summed E-state index contributed by atoms with van der Waals surface area (Å²) in [6, 6.07) is 0. The molecule has 2 aromatic rings. The third-order valence-corrected chi connectivity index (χ3v) is 1.84. The van der Waals surface area contributed by atoms with Crippen molar-refractivity contribution in [1.82, 2.24) is 9.97 Å². The molecule has 13 heavy (non-hydrogen) atoms. The van der Waals surface area contributed by atoms with Crippen LogP contribution < -0.4 is 0 Å². The lowest BCUT2D eigenvalue weighted by Gasteiger charge is -1.91. The van der Waals surface area contributed by atoms with E-state index in [1.54, 1.807) is 0 Å². The van der Waals surface area contributed by atoms with Gasteiger partial charge in [-0.05, 0) is 0 Å². The summed E-state index contributed by atoms with van der Waals surface area (Å²) in [6.45, 7) is 0. The van der Waals surface area contributed by atoms with Crippen LogP contribution in [0, 0.1) is 0 Å². The number of fused-ring (bicyclic) bond motifs is 1. The number of carbonyl (C=O) groups is 1. The molecule has 0 aliphatic carbocycles. The van der Waals surface area contributed by atoms with Crippen molar-refractivity contribution in [1.29, 1.82) is 0 Å². The SMILES string of the molecule is O=C(O)c1coc2ncnc(Cl)c12. The van der Waals surface area contributed by atoms with Gasteiger partial charge in [0.15, 0.2) is 0 Å². The van der Waals surface area contributed by atoms with Crippen molar-refractivity contribution in [2.75, 3.05) is 0 Å². The number of aromatic carboxylic acids is 1. The van der Waals surface area contributed by atoms with Crippen molar-refractivity contribution >= 4 is 28.7 Å². The summed E-state index contributed by atoms with van der Waals surface area (Å²) < 4.78 is 4.87. The third-order valence-electron chi connectivity index (χ3n) is 1.55. The second kappa shape index (κ2) is 2.70. The topological polar surface area (TPSA) is 76.2 Å². The zero-order valence-corrected chi connectivity index (χ0v) is 6.95. The van der Waals surface area contributed by atoms with E-state index in [0.29, 0.717) is 0 Å². The molecule has 0 amide bonds. The van der Waals surface area contributed by atoms with Crippen molar-refractivity contribution in [2.24, 2.45) is 0 Å². The Labute approximate surface area is 77.0 Å². The number of carboxylic acids is 1. The van der Waals surface area contributed by atoms with Crippen LogP contribution in [-0.4, -0.2) is 21.0 Å². The van der Waals surface area contributed by atoms with Crippen molar-refractivity contribution in [3.05, 3.63) is 23.3 Å². The molecule has 0 aliphatic rings. The Bertz CT molecular complexity index is 480. The summed E-state index contributed by atoms with van der Waals surface area (Å²) >= 11 is 5.67. The molecule has 0 fully saturated rings. The summed E-state index contributed by atoms with van der Waals surface area (Å²) in [5.41, 5.74) is 0.151. The molecule has 6 heteroatoms. The number of aromatic nitrogens is 2. The molecule has 1 N–H and O–H groups in total. The Balaban J connectivity index is 2.86. The number of hydrogen-bond acceptors (Lipinski definition) is 4. The first-order chi connectivity index (χ1) is 6.20. The normalized spacial score (nSPS) is 10.5. The Morgan fingerprint density at radius 2 is 2.31 bits per heavy atom. The summed E-state index contributed by atoms with van der Waals surface area (Å²) in [6.07, 6.45) is 2.30. The van der Waals surface area contributed by atoms with E-state index in [-0.39, 0.29) is 21.8 Å². The predicted molar refractivity (Wildman–Crippen MR) is 43.8 cm³/mol. The molecule has 0 saturated carbocycles. The van der Waals surface area contributed by atoms with Crippen LogP contribution in [0.1, 0.15) is 10.4 Å². The molecule has 2 rings (SSSR count). The largest absolute Gasteiger partial charge is 0.478 e. The van der Waals surface area contributed by atoms with Gasteiger partial charge in [-0.15, -0.1) is 0 Å². The molecular weight excluding hydrogens is 196 g/mol. The van der Waals surface area contributed by atoms with Gasteiger partial charge in [-0.1, -0.05) is 11.6 Å². The maximum atomic E-state index is 10.7. The van der Waals surface area contributed by atoms with Gasteiger partial charge in [0.05, 0.1) is 5.39 Å². The maximum absolute atomic E-state index is 10.7. The van der Waals surface area contributed by atoms with Gasteiger partial charge >= 0.3 is 5.97 Å². The molecule has 0 aromatic carbocycles. The second-order valence-corrected chi connectivity index (χ2v) is 2.66. The highest BCUT2D eigenvalue weighted by Gasteiger charge is 2.16. The average molecular weight is 199 g/mol. The van der Waals surface area contributed by atoms with Crippen LogP contribution in [0.15, 0.2) is 17.0 Å². The van der Waals surface area contributed by atoms with E-state index >= 15 is 0 Å². The molecule has 0 atom stereocenters. The number of halogens is 1. The Morgan fingerprint density at radius 3 is 3.00 bits per heavy atom. The molecule has 0 saturated heterocycles. The van der Waals surface area contributed by atoms with Crippen LogP contribution in [-0.2, 0) is 0 Å². The first-order valence-electron chi connectivity index (χ1n) is 3.31. The predicted octanol–water partition coefficient (Wildman–Crippen LogP) is 1.57. The standard InChI is InChI=1S/C7H3ClN2O3/c8-5-4-3(7(11)12)1-13-6(4)10-2-9-5/h1-2H,(H,11,12). The Morgan fingerprint density at radius 1 is 1.54 bits per heavy atom. The second-order valence-electron chi connectivity index (χ2n) is 2.30. The average Bonchev–Trinajstić information content (AvgIpc) is 2.49. The fourth-order valence-corrected chi connectivity index (χ4v) is 1.22. The molecule has 0 unspecified atom stereocenters. The fraction of sp³-hybridized carbons (Fsp3) is 0. The Hall–Kier alpha value is -1.62. The van der Waals surface area contributed by atoms with Gasteiger partial charge < -0.3 is 9.52 Å². The minimum Gasteiger partial charge on any atom is -0.478 e. The third kappa shape index (κ3) is 1.13. The van der Waals surface area contributed by atoms with Crippen LogP contribution in [0.3, 0.4) is 0 Å². The van der Waals surface area contributed by atoms with Crippen LogP contribution in [0.5, 0.6) is 0 Å². The minimum atomic E-state index is -1.12. The summed E-state index contributed by atoms with van der Waals surface area (Å²) in [5.74, 6) is -1.12. The zero-order valence-electron chi connectivity index (χ0n) is 6.19. The van der Waals surface area contributed by atoms with E-state index in [4.69, 9.17) is 21.1 Å². The lowest BCUT2D eigenvalue weighted by molar-refractivity contribution is 0.0698. The van der Waals surface area contributed by atoms with Gasteiger partial charge in [-0.2, -0.15) is 0 Å². The highest BCUT2D eigenvalue weighted by atomic mass is 35.5. The van der Waals surface area contributed by atoms with Gasteiger partial charge in [0, 0.05) is 0 Å². The van der Waals surface area contributed by atoms with Gasteiger partial charge in [-0.25, -0.2) is 14.8 Å². The minimum absolute atomic E-state index is 0.0272. The number of furan rings is 1. The molecule has 66 valence electrons.